The Bertz CT molecular complexity index is 562. The summed E-state index contributed by atoms with van der Waals surface area (Å²) in [5.74, 6) is 0.317. The third kappa shape index (κ3) is 5.74. The molecule has 2 N–H and O–H groups in total. The Balaban J connectivity index is 1.81. The van der Waals surface area contributed by atoms with E-state index >= 15 is 0 Å². The van der Waals surface area contributed by atoms with Crippen LogP contribution >= 0.6 is 12.2 Å². The molecule has 1 fully saturated rings. The van der Waals surface area contributed by atoms with Crippen molar-refractivity contribution in [2.75, 3.05) is 19.6 Å². The minimum absolute atomic E-state index is 0.0110. The zero-order chi connectivity index (χ0) is 17.5. The standard InChI is InChI=1S/C18H26FN3OS/c1-13(2)10-20-17(23)15-4-3-9-22(12-15)18(24)21-11-14-5-7-16(19)8-6-14/h5-8,13,15H,3-4,9-12H2,1-2H3,(H,20,23)(H,21,24). The number of hydrogen-bond donors (Lipinski definition) is 2. The third-order valence-electron chi connectivity index (χ3n) is 4.12. The molecule has 1 unspecified atom stereocenters. The fraction of sp³-hybridized carbons (Fsp3) is 0.556. The SMILES string of the molecule is CC(C)CNC(=O)C1CCCN(C(=S)NCc2ccc(F)cc2)C1. The number of carbonyl (C=O) groups is 1. The van der Waals surface area contributed by atoms with Gasteiger partial charge >= 0.3 is 0 Å². The molecule has 2 rings (SSSR count). The maximum Gasteiger partial charge on any atom is 0.224 e. The zero-order valence-corrected chi connectivity index (χ0v) is 15.2. The fourth-order valence-electron chi connectivity index (χ4n) is 2.72. The van der Waals surface area contributed by atoms with Crippen LogP contribution in [0, 0.1) is 17.7 Å². The van der Waals surface area contributed by atoms with E-state index in [-0.39, 0.29) is 17.6 Å². The first-order chi connectivity index (χ1) is 11.5. The van der Waals surface area contributed by atoms with Crippen molar-refractivity contribution in [1.29, 1.82) is 0 Å². The Hall–Kier alpha value is -1.69. The molecule has 24 heavy (non-hydrogen) atoms. The van der Waals surface area contributed by atoms with E-state index in [0.29, 0.717) is 30.7 Å². The summed E-state index contributed by atoms with van der Waals surface area (Å²) >= 11 is 5.45. The summed E-state index contributed by atoms with van der Waals surface area (Å²) in [4.78, 5) is 14.3. The van der Waals surface area contributed by atoms with Crippen LogP contribution in [0.5, 0.6) is 0 Å². The Labute approximate surface area is 148 Å². The second kappa shape index (κ2) is 8.97. The van der Waals surface area contributed by atoms with E-state index < -0.39 is 0 Å². The van der Waals surface area contributed by atoms with Gasteiger partial charge < -0.3 is 15.5 Å². The molecule has 4 nitrogen and oxygen atoms in total. The summed E-state index contributed by atoms with van der Waals surface area (Å²) in [6.07, 6.45) is 1.86. The van der Waals surface area contributed by atoms with Crippen molar-refractivity contribution < 1.29 is 9.18 Å². The van der Waals surface area contributed by atoms with E-state index in [4.69, 9.17) is 12.2 Å². The van der Waals surface area contributed by atoms with Crippen molar-refractivity contribution in [2.45, 2.75) is 33.2 Å². The predicted molar refractivity (Wildman–Crippen MR) is 98.0 cm³/mol. The molecule has 1 heterocycles. The van der Waals surface area contributed by atoms with Crippen molar-refractivity contribution in [1.82, 2.24) is 15.5 Å². The topological polar surface area (TPSA) is 44.4 Å². The Morgan fingerprint density at radius 1 is 1.33 bits per heavy atom. The lowest BCUT2D eigenvalue weighted by atomic mass is 9.97. The van der Waals surface area contributed by atoms with E-state index in [1.165, 1.54) is 12.1 Å². The molecule has 1 aliphatic heterocycles. The number of thiocarbonyl (C=S) groups is 1. The molecule has 1 aliphatic rings. The van der Waals surface area contributed by atoms with Gasteiger partial charge in [-0.25, -0.2) is 4.39 Å². The van der Waals surface area contributed by atoms with Crippen LogP contribution in [0.15, 0.2) is 24.3 Å². The van der Waals surface area contributed by atoms with Crippen molar-refractivity contribution in [3.63, 3.8) is 0 Å². The summed E-state index contributed by atoms with van der Waals surface area (Å²) in [5, 5.41) is 6.86. The molecule has 1 aromatic rings. The second-order valence-electron chi connectivity index (χ2n) is 6.71. The number of amides is 1. The van der Waals surface area contributed by atoms with Crippen molar-refractivity contribution in [3.05, 3.63) is 35.6 Å². The Kier molecular flexibility index (Phi) is 6.97. The molecule has 1 atom stereocenters. The molecule has 1 aromatic carbocycles. The van der Waals surface area contributed by atoms with Gasteiger partial charge in [-0.2, -0.15) is 0 Å². The first kappa shape index (κ1) is 18.6. The van der Waals surface area contributed by atoms with Gasteiger partial charge in [-0.05, 0) is 48.7 Å². The van der Waals surface area contributed by atoms with Crippen molar-refractivity contribution >= 4 is 23.2 Å². The molecule has 0 spiro atoms. The molecule has 132 valence electrons. The lowest BCUT2D eigenvalue weighted by Crippen LogP contribution is -2.48. The number of nitrogens with zero attached hydrogens (tertiary/aromatic N) is 1. The average Bonchev–Trinajstić information content (AvgIpc) is 2.59. The van der Waals surface area contributed by atoms with Gasteiger partial charge in [-0.1, -0.05) is 26.0 Å². The number of likely N-dealkylation sites (tertiary alicyclic amines) is 1. The number of hydrogen-bond acceptors (Lipinski definition) is 2. The molecular weight excluding hydrogens is 325 g/mol. The van der Waals surface area contributed by atoms with Crippen LogP contribution in [-0.4, -0.2) is 35.6 Å². The van der Waals surface area contributed by atoms with Crippen LogP contribution < -0.4 is 10.6 Å². The van der Waals surface area contributed by atoms with Crippen LogP contribution in [0.1, 0.15) is 32.3 Å². The van der Waals surface area contributed by atoms with E-state index in [9.17, 15) is 9.18 Å². The van der Waals surface area contributed by atoms with Gasteiger partial charge in [0.1, 0.15) is 5.82 Å². The Morgan fingerprint density at radius 3 is 2.71 bits per heavy atom. The van der Waals surface area contributed by atoms with E-state index in [1.54, 1.807) is 12.1 Å². The highest BCUT2D eigenvalue weighted by molar-refractivity contribution is 7.80. The monoisotopic (exact) mass is 351 g/mol. The number of carbonyl (C=O) groups excluding carboxylic acids is 1. The maximum atomic E-state index is 12.9. The van der Waals surface area contributed by atoms with Crippen LogP contribution in [0.25, 0.3) is 0 Å². The first-order valence-corrected chi connectivity index (χ1v) is 8.91. The molecule has 1 amide bonds. The third-order valence-corrected chi connectivity index (χ3v) is 4.52. The molecular formula is C18H26FN3OS. The largest absolute Gasteiger partial charge is 0.358 e. The van der Waals surface area contributed by atoms with Gasteiger partial charge in [-0.15, -0.1) is 0 Å². The first-order valence-electron chi connectivity index (χ1n) is 8.50. The Morgan fingerprint density at radius 2 is 2.04 bits per heavy atom. The molecule has 6 heteroatoms. The summed E-state index contributed by atoms with van der Waals surface area (Å²) in [6, 6.07) is 6.36. The summed E-state index contributed by atoms with van der Waals surface area (Å²) < 4.78 is 12.9. The number of rotatable bonds is 5. The van der Waals surface area contributed by atoms with Crippen LogP contribution in [0.2, 0.25) is 0 Å². The van der Waals surface area contributed by atoms with E-state index in [1.807, 2.05) is 0 Å². The van der Waals surface area contributed by atoms with Gasteiger partial charge in [0, 0.05) is 26.2 Å². The maximum absolute atomic E-state index is 12.9. The molecule has 0 saturated carbocycles. The quantitative estimate of drug-likeness (QED) is 0.801. The smallest absolute Gasteiger partial charge is 0.224 e. The zero-order valence-electron chi connectivity index (χ0n) is 14.3. The van der Waals surface area contributed by atoms with Gasteiger partial charge in [-0.3, -0.25) is 4.79 Å². The predicted octanol–water partition coefficient (Wildman–Crippen LogP) is 2.68. The minimum Gasteiger partial charge on any atom is -0.358 e. The highest BCUT2D eigenvalue weighted by Gasteiger charge is 2.26. The van der Waals surface area contributed by atoms with Gasteiger partial charge in [0.25, 0.3) is 0 Å². The fourth-order valence-corrected chi connectivity index (χ4v) is 2.95. The summed E-state index contributed by atoms with van der Waals surface area (Å²) in [7, 11) is 0. The van der Waals surface area contributed by atoms with Crippen LogP contribution in [0.3, 0.4) is 0 Å². The number of nitrogens with one attached hydrogen (secondary N) is 2. The molecule has 0 aromatic heterocycles. The summed E-state index contributed by atoms with van der Waals surface area (Å²) in [6.45, 7) is 6.95. The van der Waals surface area contributed by atoms with E-state index in [0.717, 1.165) is 24.9 Å². The number of benzene rings is 1. The lowest BCUT2D eigenvalue weighted by molar-refractivity contribution is -0.126. The van der Waals surface area contributed by atoms with E-state index in [2.05, 4.69) is 29.4 Å². The number of halogens is 1. The lowest BCUT2D eigenvalue weighted by Gasteiger charge is -2.34. The number of piperidine rings is 1. The molecule has 1 saturated heterocycles. The second-order valence-corrected chi connectivity index (χ2v) is 7.10. The molecule has 0 radical (unpaired) electrons. The highest BCUT2D eigenvalue weighted by Crippen LogP contribution is 2.17. The van der Waals surface area contributed by atoms with Gasteiger partial charge in [0.2, 0.25) is 5.91 Å². The van der Waals surface area contributed by atoms with Crippen LogP contribution in [-0.2, 0) is 11.3 Å². The van der Waals surface area contributed by atoms with Crippen molar-refractivity contribution in [2.24, 2.45) is 11.8 Å². The highest BCUT2D eigenvalue weighted by atomic mass is 32.1. The van der Waals surface area contributed by atoms with Crippen LogP contribution in [0.4, 0.5) is 4.39 Å². The average molecular weight is 351 g/mol. The molecule has 0 bridgehead atoms. The van der Waals surface area contributed by atoms with Gasteiger partial charge in [0.05, 0.1) is 5.92 Å². The van der Waals surface area contributed by atoms with Crippen molar-refractivity contribution in [3.8, 4) is 0 Å². The van der Waals surface area contributed by atoms with Gasteiger partial charge in [0.15, 0.2) is 5.11 Å². The minimum atomic E-state index is -0.243. The molecule has 0 aliphatic carbocycles. The summed E-state index contributed by atoms with van der Waals surface area (Å²) in [5.41, 5.74) is 0.974. The normalized spacial score (nSPS) is 17.7.